The SMILES string of the molecule is Cc1ccc2c(=O)c(-c3ccc(Cl)cc3)cn(CC(=O)Nc3ccccc3)c2c1. The fraction of sp³-hybridized carbons (Fsp3) is 0.0833. The van der Waals surface area contributed by atoms with Gasteiger partial charge >= 0.3 is 0 Å². The van der Waals surface area contributed by atoms with Crippen LogP contribution in [0.1, 0.15) is 5.56 Å². The predicted molar refractivity (Wildman–Crippen MR) is 118 cm³/mol. The topological polar surface area (TPSA) is 51.1 Å². The summed E-state index contributed by atoms with van der Waals surface area (Å²) in [4.78, 5) is 25.8. The van der Waals surface area contributed by atoms with Crippen LogP contribution in [0.4, 0.5) is 5.69 Å². The first kappa shape index (κ1) is 19.0. The molecular formula is C24H19ClN2O2. The van der Waals surface area contributed by atoms with Gasteiger partial charge in [0, 0.05) is 27.9 Å². The van der Waals surface area contributed by atoms with Crippen molar-refractivity contribution in [1.29, 1.82) is 0 Å². The van der Waals surface area contributed by atoms with Gasteiger partial charge in [-0.3, -0.25) is 9.59 Å². The van der Waals surface area contributed by atoms with E-state index in [-0.39, 0.29) is 17.9 Å². The van der Waals surface area contributed by atoms with Crippen molar-refractivity contribution in [3.05, 3.63) is 99.8 Å². The molecule has 0 saturated heterocycles. The van der Waals surface area contributed by atoms with Crippen molar-refractivity contribution in [2.75, 3.05) is 5.32 Å². The van der Waals surface area contributed by atoms with Crippen LogP contribution in [-0.4, -0.2) is 10.5 Å². The summed E-state index contributed by atoms with van der Waals surface area (Å²) in [5.41, 5.74) is 3.72. The fourth-order valence-electron chi connectivity index (χ4n) is 3.34. The summed E-state index contributed by atoms with van der Waals surface area (Å²) < 4.78 is 1.83. The molecule has 29 heavy (non-hydrogen) atoms. The second-order valence-electron chi connectivity index (χ2n) is 6.94. The molecule has 1 N–H and O–H groups in total. The zero-order valence-corrected chi connectivity index (χ0v) is 16.6. The van der Waals surface area contributed by atoms with E-state index in [1.54, 1.807) is 18.3 Å². The van der Waals surface area contributed by atoms with Gasteiger partial charge in [0.05, 0.1) is 5.52 Å². The van der Waals surface area contributed by atoms with E-state index in [1.165, 1.54) is 0 Å². The molecule has 0 radical (unpaired) electrons. The molecular weight excluding hydrogens is 384 g/mol. The maximum Gasteiger partial charge on any atom is 0.244 e. The smallest absolute Gasteiger partial charge is 0.244 e. The highest BCUT2D eigenvalue weighted by Crippen LogP contribution is 2.22. The molecule has 0 atom stereocenters. The van der Waals surface area contributed by atoms with E-state index >= 15 is 0 Å². The van der Waals surface area contributed by atoms with Crippen molar-refractivity contribution in [2.24, 2.45) is 0 Å². The molecule has 0 saturated carbocycles. The summed E-state index contributed by atoms with van der Waals surface area (Å²) in [5.74, 6) is -0.162. The first-order valence-corrected chi connectivity index (χ1v) is 9.64. The highest BCUT2D eigenvalue weighted by atomic mass is 35.5. The van der Waals surface area contributed by atoms with Crippen LogP contribution < -0.4 is 10.7 Å². The Balaban J connectivity index is 1.80. The summed E-state index contributed by atoms with van der Waals surface area (Å²) >= 11 is 5.99. The number of aromatic nitrogens is 1. The van der Waals surface area contributed by atoms with Crippen molar-refractivity contribution < 1.29 is 4.79 Å². The number of nitrogens with one attached hydrogen (secondary N) is 1. The highest BCUT2D eigenvalue weighted by molar-refractivity contribution is 6.30. The van der Waals surface area contributed by atoms with Gasteiger partial charge in [0.25, 0.3) is 0 Å². The van der Waals surface area contributed by atoms with E-state index in [9.17, 15) is 9.59 Å². The zero-order chi connectivity index (χ0) is 20.4. The molecule has 144 valence electrons. The summed E-state index contributed by atoms with van der Waals surface area (Å²) in [5, 5.41) is 4.08. The third-order valence-corrected chi connectivity index (χ3v) is 5.02. The van der Waals surface area contributed by atoms with E-state index in [0.29, 0.717) is 16.0 Å². The molecule has 1 amide bonds. The van der Waals surface area contributed by atoms with Crippen LogP contribution in [0, 0.1) is 6.92 Å². The molecule has 0 aliphatic rings. The van der Waals surface area contributed by atoms with Crippen molar-refractivity contribution >= 4 is 34.1 Å². The second-order valence-corrected chi connectivity index (χ2v) is 7.38. The lowest BCUT2D eigenvalue weighted by Crippen LogP contribution is -2.21. The second kappa shape index (κ2) is 7.94. The first-order valence-electron chi connectivity index (χ1n) is 9.26. The maximum atomic E-state index is 13.1. The summed E-state index contributed by atoms with van der Waals surface area (Å²) in [6.07, 6.45) is 1.75. The van der Waals surface area contributed by atoms with Crippen LogP contribution >= 0.6 is 11.6 Å². The van der Waals surface area contributed by atoms with Gasteiger partial charge in [-0.05, 0) is 54.4 Å². The molecule has 0 aliphatic carbocycles. The summed E-state index contributed by atoms with van der Waals surface area (Å²) in [6.45, 7) is 2.06. The number of carbonyl (C=O) groups excluding carboxylic acids is 1. The van der Waals surface area contributed by atoms with Gasteiger partial charge in [0.2, 0.25) is 5.91 Å². The number of anilines is 1. The predicted octanol–water partition coefficient (Wildman–Crippen LogP) is 5.27. The van der Waals surface area contributed by atoms with Gasteiger partial charge in [-0.1, -0.05) is 48.0 Å². The molecule has 0 spiro atoms. The number of amides is 1. The minimum atomic E-state index is -0.162. The number of pyridine rings is 1. The van der Waals surface area contributed by atoms with Crippen LogP contribution in [0.3, 0.4) is 0 Å². The van der Waals surface area contributed by atoms with Gasteiger partial charge in [-0.25, -0.2) is 0 Å². The molecule has 0 unspecified atom stereocenters. The molecule has 4 aromatic rings. The number of halogens is 1. The number of aryl methyl sites for hydroxylation is 1. The number of nitrogens with zero attached hydrogens (tertiary/aromatic N) is 1. The molecule has 1 aromatic heterocycles. The number of hydrogen-bond donors (Lipinski definition) is 1. The average Bonchev–Trinajstić information content (AvgIpc) is 2.71. The lowest BCUT2D eigenvalue weighted by Gasteiger charge is -2.14. The largest absolute Gasteiger partial charge is 0.337 e. The molecule has 5 heteroatoms. The fourth-order valence-corrected chi connectivity index (χ4v) is 3.47. The summed E-state index contributed by atoms with van der Waals surface area (Å²) in [6, 6.07) is 22.1. The van der Waals surface area contributed by atoms with E-state index in [1.807, 2.05) is 72.2 Å². The van der Waals surface area contributed by atoms with Crippen molar-refractivity contribution in [1.82, 2.24) is 4.57 Å². The number of hydrogen-bond acceptors (Lipinski definition) is 2. The third kappa shape index (κ3) is 4.08. The van der Waals surface area contributed by atoms with E-state index in [0.717, 1.165) is 22.3 Å². The van der Waals surface area contributed by atoms with Gasteiger partial charge in [0.15, 0.2) is 5.43 Å². The normalized spacial score (nSPS) is 10.8. The molecule has 0 aliphatic heterocycles. The summed E-state index contributed by atoms with van der Waals surface area (Å²) in [7, 11) is 0. The monoisotopic (exact) mass is 402 g/mol. The molecule has 4 rings (SSSR count). The third-order valence-electron chi connectivity index (χ3n) is 4.76. The van der Waals surface area contributed by atoms with Crippen LogP contribution in [0.5, 0.6) is 0 Å². The standard InChI is InChI=1S/C24H19ClN2O2/c1-16-7-12-20-22(13-16)27(15-23(28)26-19-5-3-2-4-6-19)14-21(24(20)29)17-8-10-18(25)11-9-17/h2-14H,15H2,1H3,(H,26,28). The van der Waals surface area contributed by atoms with Crippen LogP contribution in [0.25, 0.3) is 22.0 Å². The molecule has 3 aromatic carbocycles. The van der Waals surface area contributed by atoms with E-state index in [4.69, 9.17) is 11.6 Å². The lowest BCUT2D eigenvalue weighted by atomic mass is 10.0. The van der Waals surface area contributed by atoms with Gasteiger partial charge in [0.1, 0.15) is 6.54 Å². The van der Waals surface area contributed by atoms with Gasteiger partial charge in [-0.2, -0.15) is 0 Å². The Morgan fingerprint density at radius 2 is 1.72 bits per heavy atom. The lowest BCUT2D eigenvalue weighted by molar-refractivity contribution is -0.116. The maximum absolute atomic E-state index is 13.1. The van der Waals surface area contributed by atoms with Crippen LogP contribution in [0.2, 0.25) is 5.02 Å². The molecule has 0 bridgehead atoms. The first-order chi connectivity index (χ1) is 14.0. The van der Waals surface area contributed by atoms with Gasteiger partial charge < -0.3 is 9.88 Å². The Kier molecular flexibility index (Phi) is 5.19. The van der Waals surface area contributed by atoms with E-state index < -0.39 is 0 Å². The number of fused-ring (bicyclic) bond motifs is 1. The Bertz CT molecular complexity index is 1250. The molecule has 4 nitrogen and oxygen atoms in total. The molecule has 1 heterocycles. The van der Waals surface area contributed by atoms with Crippen LogP contribution in [0.15, 0.2) is 83.8 Å². The van der Waals surface area contributed by atoms with Crippen LogP contribution in [-0.2, 0) is 11.3 Å². The Labute approximate surface area is 173 Å². The minimum absolute atomic E-state index is 0.0676. The number of benzene rings is 3. The minimum Gasteiger partial charge on any atom is -0.337 e. The number of para-hydroxylation sites is 1. The average molecular weight is 403 g/mol. The number of rotatable bonds is 4. The Hall–Kier alpha value is -3.37. The molecule has 0 fully saturated rings. The van der Waals surface area contributed by atoms with Crippen molar-refractivity contribution in [2.45, 2.75) is 13.5 Å². The zero-order valence-electron chi connectivity index (χ0n) is 15.9. The highest BCUT2D eigenvalue weighted by Gasteiger charge is 2.13. The van der Waals surface area contributed by atoms with E-state index in [2.05, 4.69) is 5.32 Å². The number of carbonyl (C=O) groups is 1. The quantitative estimate of drug-likeness (QED) is 0.505. The van der Waals surface area contributed by atoms with Crippen molar-refractivity contribution in [3.63, 3.8) is 0 Å². The Morgan fingerprint density at radius 1 is 1.00 bits per heavy atom. The van der Waals surface area contributed by atoms with Gasteiger partial charge in [-0.15, -0.1) is 0 Å². The Morgan fingerprint density at radius 3 is 2.45 bits per heavy atom. The van der Waals surface area contributed by atoms with Crippen molar-refractivity contribution in [3.8, 4) is 11.1 Å².